The van der Waals surface area contributed by atoms with Crippen LogP contribution in [0.2, 0.25) is 5.02 Å². The van der Waals surface area contributed by atoms with Crippen LogP contribution in [0.25, 0.3) is 11.6 Å². The molecule has 1 heterocycles. The second-order valence-corrected chi connectivity index (χ2v) is 3.82. The summed E-state index contributed by atoms with van der Waals surface area (Å²) in [5, 5.41) is 9.72. The molecule has 3 nitrogen and oxygen atoms in total. The summed E-state index contributed by atoms with van der Waals surface area (Å²) in [5.41, 5.74) is 0.745. The van der Waals surface area contributed by atoms with Crippen molar-refractivity contribution in [2.45, 2.75) is 0 Å². The molecule has 0 fully saturated rings. The Labute approximate surface area is 103 Å². The minimum absolute atomic E-state index is 0.164. The van der Waals surface area contributed by atoms with E-state index in [2.05, 4.69) is 0 Å². The molecule has 0 aliphatic carbocycles. The Kier molecular flexibility index (Phi) is 3.30. The lowest BCUT2D eigenvalue weighted by molar-refractivity contribution is -0.130. The van der Waals surface area contributed by atoms with Gasteiger partial charge in [-0.25, -0.2) is 4.79 Å². The third kappa shape index (κ3) is 2.77. The SMILES string of the molecule is O=C(O)/C(=C/c1ccco1)c1ccc(Cl)cc1. The minimum Gasteiger partial charge on any atom is -0.478 e. The van der Waals surface area contributed by atoms with Gasteiger partial charge in [0.25, 0.3) is 0 Å². The van der Waals surface area contributed by atoms with E-state index in [-0.39, 0.29) is 5.57 Å². The molecule has 0 spiro atoms. The highest BCUT2D eigenvalue weighted by atomic mass is 35.5. The highest BCUT2D eigenvalue weighted by Gasteiger charge is 2.11. The van der Waals surface area contributed by atoms with E-state index in [0.717, 1.165) is 0 Å². The summed E-state index contributed by atoms with van der Waals surface area (Å²) >= 11 is 5.75. The highest BCUT2D eigenvalue weighted by molar-refractivity contribution is 6.30. The maximum atomic E-state index is 11.2. The monoisotopic (exact) mass is 248 g/mol. The Morgan fingerprint density at radius 1 is 1.24 bits per heavy atom. The topological polar surface area (TPSA) is 50.4 Å². The van der Waals surface area contributed by atoms with Crippen molar-refractivity contribution in [1.29, 1.82) is 0 Å². The molecule has 0 radical (unpaired) electrons. The number of benzene rings is 1. The van der Waals surface area contributed by atoms with Crippen molar-refractivity contribution < 1.29 is 14.3 Å². The van der Waals surface area contributed by atoms with E-state index >= 15 is 0 Å². The number of carboxylic acid groups (broad SMARTS) is 1. The van der Waals surface area contributed by atoms with Crippen molar-refractivity contribution in [2.75, 3.05) is 0 Å². The standard InChI is InChI=1S/C13H9ClO3/c14-10-5-3-9(4-6-10)12(13(15)16)8-11-2-1-7-17-11/h1-8H,(H,15,16)/b12-8+. The molecule has 0 amide bonds. The van der Waals surface area contributed by atoms with Crippen LogP contribution in [-0.2, 0) is 4.79 Å². The first-order valence-electron chi connectivity index (χ1n) is 4.91. The van der Waals surface area contributed by atoms with Crippen molar-refractivity contribution in [3.05, 3.63) is 59.0 Å². The molecule has 0 unspecified atom stereocenters. The number of halogens is 1. The maximum Gasteiger partial charge on any atom is 0.336 e. The van der Waals surface area contributed by atoms with Crippen LogP contribution in [-0.4, -0.2) is 11.1 Å². The van der Waals surface area contributed by atoms with Gasteiger partial charge in [-0.1, -0.05) is 23.7 Å². The Bertz CT molecular complexity index is 539. The van der Waals surface area contributed by atoms with E-state index in [0.29, 0.717) is 16.3 Å². The zero-order valence-corrected chi connectivity index (χ0v) is 9.52. The molecule has 4 heteroatoms. The molecular formula is C13H9ClO3. The predicted molar refractivity (Wildman–Crippen MR) is 65.7 cm³/mol. The van der Waals surface area contributed by atoms with Crippen molar-refractivity contribution in [3.63, 3.8) is 0 Å². The minimum atomic E-state index is -1.01. The number of hydrogen-bond acceptors (Lipinski definition) is 2. The average molecular weight is 249 g/mol. The van der Waals surface area contributed by atoms with Crippen LogP contribution < -0.4 is 0 Å². The lowest BCUT2D eigenvalue weighted by Crippen LogP contribution is -1.99. The quantitative estimate of drug-likeness (QED) is 0.845. The van der Waals surface area contributed by atoms with E-state index in [1.165, 1.54) is 12.3 Å². The van der Waals surface area contributed by atoms with Crippen molar-refractivity contribution in [1.82, 2.24) is 0 Å². The van der Waals surface area contributed by atoms with Gasteiger partial charge in [0.15, 0.2) is 0 Å². The Morgan fingerprint density at radius 2 is 1.94 bits per heavy atom. The van der Waals surface area contributed by atoms with Crippen LogP contribution in [0.5, 0.6) is 0 Å². The van der Waals surface area contributed by atoms with Crippen molar-refractivity contribution >= 4 is 29.2 Å². The van der Waals surface area contributed by atoms with E-state index in [9.17, 15) is 4.79 Å². The number of hydrogen-bond donors (Lipinski definition) is 1. The lowest BCUT2D eigenvalue weighted by atomic mass is 10.1. The van der Waals surface area contributed by atoms with Crippen LogP contribution in [0.4, 0.5) is 0 Å². The first-order chi connectivity index (χ1) is 8.16. The lowest BCUT2D eigenvalue weighted by Gasteiger charge is -2.02. The maximum absolute atomic E-state index is 11.2. The molecule has 2 aromatic rings. The molecule has 0 saturated carbocycles. The Balaban J connectivity index is 2.43. The average Bonchev–Trinajstić information content (AvgIpc) is 2.80. The van der Waals surface area contributed by atoms with Gasteiger partial charge >= 0.3 is 5.97 Å². The third-order valence-electron chi connectivity index (χ3n) is 2.22. The molecule has 0 saturated heterocycles. The van der Waals surface area contributed by atoms with Crippen molar-refractivity contribution in [3.8, 4) is 0 Å². The second-order valence-electron chi connectivity index (χ2n) is 3.39. The summed E-state index contributed by atoms with van der Waals surface area (Å²) in [6.07, 6.45) is 2.97. The van der Waals surface area contributed by atoms with E-state index in [1.54, 1.807) is 36.4 Å². The second kappa shape index (κ2) is 4.89. The third-order valence-corrected chi connectivity index (χ3v) is 2.47. The normalized spacial score (nSPS) is 11.5. The predicted octanol–water partition coefficient (Wildman–Crippen LogP) is 3.56. The largest absolute Gasteiger partial charge is 0.478 e. The molecule has 0 aliphatic rings. The van der Waals surface area contributed by atoms with Crippen LogP contribution >= 0.6 is 11.6 Å². The van der Waals surface area contributed by atoms with Crippen LogP contribution in [0.1, 0.15) is 11.3 Å². The Hall–Kier alpha value is -2.00. The smallest absolute Gasteiger partial charge is 0.336 e. The number of rotatable bonds is 3. The zero-order valence-electron chi connectivity index (χ0n) is 8.76. The summed E-state index contributed by atoms with van der Waals surface area (Å²) in [5.74, 6) is -0.513. The Morgan fingerprint density at radius 3 is 2.47 bits per heavy atom. The van der Waals surface area contributed by atoms with Crippen LogP contribution in [0.15, 0.2) is 47.1 Å². The molecule has 0 aliphatic heterocycles. The number of carbonyl (C=O) groups is 1. The first kappa shape index (κ1) is 11.5. The van der Waals surface area contributed by atoms with Gasteiger partial charge in [-0.2, -0.15) is 0 Å². The molecule has 1 N–H and O–H groups in total. The first-order valence-corrected chi connectivity index (χ1v) is 5.29. The van der Waals surface area contributed by atoms with E-state index in [4.69, 9.17) is 21.1 Å². The highest BCUT2D eigenvalue weighted by Crippen LogP contribution is 2.20. The van der Waals surface area contributed by atoms with Gasteiger partial charge in [0, 0.05) is 5.02 Å². The summed E-state index contributed by atoms with van der Waals surface area (Å²) in [6, 6.07) is 10.0. The van der Waals surface area contributed by atoms with Gasteiger partial charge in [0.05, 0.1) is 11.8 Å². The fraction of sp³-hybridized carbons (Fsp3) is 0. The number of carboxylic acids is 1. The molecule has 0 bridgehead atoms. The zero-order chi connectivity index (χ0) is 12.3. The fourth-order valence-corrected chi connectivity index (χ4v) is 1.54. The molecule has 1 aromatic carbocycles. The van der Waals surface area contributed by atoms with Crippen LogP contribution in [0, 0.1) is 0 Å². The summed E-state index contributed by atoms with van der Waals surface area (Å²) < 4.78 is 5.09. The van der Waals surface area contributed by atoms with Gasteiger partial charge in [-0.15, -0.1) is 0 Å². The summed E-state index contributed by atoms with van der Waals surface area (Å²) in [7, 11) is 0. The van der Waals surface area contributed by atoms with Crippen molar-refractivity contribution in [2.24, 2.45) is 0 Å². The molecule has 86 valence electrons. The van der Waals surface area contributed by atoms with E-state index in [1.807, 2.05) is 0 Å². The number of aliphatic carboxylic acids is 1. The van der Waals surface area contributed by atoms with E-state index < -0.39 is 5.97 Å². The molecule has 1 aromatic heterocycles. The van der Waals surface area contributed by atoms with Gasteiger partial charge < -0.3 is 9.52 Å². The molecule has 17 heavy (non-hydrogen) atoms. The van der Waals surface area contributed by atoms with Gasteiger partial charge in [0.2, 0.25) is 0 Å². The van der Waals surface area contributed by atoms with Gasteiger partial charge in [0.1, 0.15) is 5.76 Å². The molecule has 2 rings (SSSR count). The molecule has 0 atom stereocenters. The summed E-state index contributed by atoms with van der Waals surface area (Å²) in [4.78, 5) is 11.2. The molecular weight excluding hydrogens is 240 g/mol. The number of furan rings is 1. The van der Waals surface area contributed by atoms with Crippen LogP contribution in [0.3, 0.4) is 0 Å². The fourth-order valence-electron chi connectivity index (χ4n) is 1.41. The van der Waals surface area contributed by atoms with Gasteiger partial charge in [-0.3, -0.25) is 0 Å². The summed E-state index contributed by atoms with van der Waals surface area (Å²) in [6.45, 7) is 0. The van der Waals surface area contributed by atoms with Gasteiger partial charge in [-0.05, 0) is 35.9 Å².